The quantitative estimate of drug-likeness (QED) is 0.838. The van der Waals surface area contributed by atoms with Crippen molar-refractivity contribution in [1.29, 1.82) is 0 Å². The van der Waals surface area contributed by atoms with Gasteiger partial charge in [0, 0.05) is 31.5 Å². The fourth-order valence-electron chi connectivity index (χ4n) is 3.37. The smallest absolute Gasteiger partial charge is 0.0223 e. The van der Waals surface area contributed by atoms with Gasteiger partial charge in [0.15, 0.2) is 0 Å². The molecule has 1 aliphatic rings. The SMILES string of the molecule is CCCn1ccc(CNC2CC(C)CC(C)C2)c1. The Morgan fingerprint density at radius 1 is 1.22 bits per heavy atom. The molecule has 18 heavy (non-hydrogen) atoms. The highest BCUT2D eigenvalue weighted by Crippen LogP contribution is 2.28. The van der Waals surface area contributed by atoms with Gasteiger partial charge in [-0.15, -0.1) is 0 Å². The van der Waals surface area contributed by atoms with Crippen LogP contribution in [0, 0.1) is 11.8 Å². The van der Waals surface area contributed by atoms with Gasteiger partial charge in [-0.2, -0.15) is 0 Å². The van der Waals surface area contributed by atoms with Crippen molar-refractivity contribution >= 4 is 0 Å². The highest BCUT2D eigenvalue weighted by molar-refractivity contribution is 5.10. The zero-order valence-corrected chi connectivity index (χ0v) is 12.2. The molecule has 2 rings (SSSR count). The summed E-state index contributed by atoms with van der Waals surface area (Å²) in [5.41, 5.74) is 1.43. The Morgan fingerprint density at radius 3 is 2.61 bits per heavy atom. The summed E-state index contributed by atoms with van der Waals surface area (Å²) in [7, 11) is 0. The van der Waals surface area contributed by atoms with Crippen molar-refractivity contribution < 1.29 is 0 Å². The molecule has 2 unspecified atom stereocenters. The minimum Gasteiger partial charge on any atom is -0.354 e. The van der Waals surface area contributed by atoms with E-state index in [0.717, 1.165) is 31.0 Å². The molecule has 1 N–H and O–H groups in total. The molecular weight excluding hydrogens is 220 g/mol. The summed E-state index contributed by atoms with van der Waals surface area (Å²) < 4.78 is 2.29. The van der Waals surface area contributed by atoms with Crippen LogP contribution in [0.3, 0.4) is 0 Å². The van der Waals surface area contributed by atoms with Crippen LogP contribution in [0.5, 0.6) is 0 Å². The Kier molecular flexibility index (Phi) is 4.87. The molecular formula is C16H28N2. The Labute approximate surface area is 112 Å². The molecule has 1 saturated carbocycles. The predicted molar refractivity (Wildman–Crippen MR) is 77.5 cm³/mol. The zero-order valence-electron chi connectivity index (χ0n) is 12.2. The van der Waals surface area contributed by atoms with Gasteiger partial charge in [-0.1, -0.05) is 20.8 Å². The Hall–Kier alpha value is -0.760. The fourth-order valence-corrected chi connectivity index (χ4v) is 3.37. The second-order valence-electron chi connectivity index (χ2n) is 6.25. The predicted octanol–water partition coefficient (Wildman–Crippen LogP) is 3.81. The molecule has 0 radical (unpaired) electrons. The number of rotatable bonds is 5. The van der Waals surface area contributed by atoms with E-state index in [-0.39, 0.29) is 0 Å². The standard InChI is InChI=1S/C16H28N2/c1-4-6-18-7-5-15(12-18)11-17-16-9-13(2)8-14(3)10-16/h5,7,12-14,16-17H,4,6,8-11H2,1-3H3. The fraction of sp³-hybridized carbons (Fsp3) is 0.750. The topological polar surface area (TPSA) is 17.0 Å². The van der Waals surface area contributed by atoms with Crippen molar-refractivity contribution in [2.45, 2.75) is 65.6 Å². The first-order chi connectivity index (χ1) is 8.67. The summed E-state index contributed by atoms with van der Waals surface area (Å²) in [6.07, 6.45) is 9.79. The summed E-state index contributed by atoms with van der Waals surface area (Å²) in [4.78, 5) is 0. The van der Waals surface area contributed by atoms with Gasteiger partial charge < -0.3 is 9.88 Å². The van der Waals surface area contributed by atoms with E-state index < -0.39 is 0 Å². The largest absolute Gasteiger partial charge is 0.354 e. The highest BCUT2D eigenvalue weighted by atomic mass is 15.0. The normalized spacial score (nSPS) is 28.5. The van der Waals surface area contributed by atoms with Gasteiger partial charge in [-0.05, 0) is 49.1 Å². The maximum atomic E-state index is 3.74. The Balaban J connectivity index is 1.79. The zero-order chi connectivity index (χ0) is 13.0. The van der Waals surface area contributed by atoms with E-state index in [4.69, 9.17) is 0 Å². The molecule has 1 aliphatic carbocycles. The van der Waals surface area contributed by atoms with Crippen molar-refractivity contribution in [3.8, 4) is 0 Å². The number of aryl methyl sites for hydroxylation is 1. The molecule has 0 amide bonds. The van der Waals surface area contributed by atoms with Gasteiger partial charge in [0.1, 0.15) is 0 Å². The molecule has 0 bridgehead atoms. The van der Waals surface area contributed by atoms with Crippen molar-refractivity contribution in [2.24, 2.45) is 11.8 Å². The van der Waals surface area contributed by atoms with Crippen LogP contribution in [-0.2, 0) is 13.1 Å². The third-order valence-electron chi connectivity index (χ3n) is 4.07. The molecule has 1 aromatic heterocycles. The van der Waals surface area contributed by atoms with Crippen LogP contribution in [0.4, 0.5) is 0 Å². The lowest BCUT2D eigenvalue weighted by Crippen LogP contribution is -2.35. The molecule has 1 aromatic rings. The molecule has 1 heterocycles. The van der Waals surface area contributed by atoms with Crippen molar-refractivity contribution in [3.05, 3.63) is 24.0 Å². The van der Waals surface area contributed by atoms with Crippen LogP contribution < -0.4 is 5.32 Å². The van der Waals surface area contributed by atoms with Crippen molar-refractivity contribution in [2.75, 3.05) is 0 Å². The minimum absolute atomic E-state index is 0.721. The monoisotopic (exact) mass is 248 g/mol. The molecule has 0 aromatic carbocycles. The summed E-state index contributed by atoms with van der Waals surface area (Å²) in [5, 5.41) is 3.74. The van der Waals surface area contributed by atoms with Gasteiger partial charge >= 0.3 is 0 Å². The maximum absolute atomic E-state index is 3.74. The van der Waals surface area contributed by atoms with E-state index in [1.54, 1.807) is 0 Å². The molecule has 2 atom stereocenters. The summed E-state index contributed by atoms with van der Waals surface area (Å²) in [6.45, 7) is 9.17. The van der Waals surface area contributed by atoms with Gasteiger partial charge in [-0.25, -0.2) is 0 Å². The maximum Gasteiger partial charge on any atom is 0.0223 e. The number of hydrogen-bond acceptors (Lipinski definition) is 1. The van der Waals surface area contributed by atoms with Crippen LogP contribution >= 0.6 is 0 Å². The average molecular weight is 248 g/mol. The van der Waals surface area contributed by atoms with Crippen LogP contribution in [0.2, 0.25) is 0 Å². The first-order valence-corrected chi connectivity index (χ1v) is 7.55. The lowest BCUT2D eigenvalue weighted by atomic mass is 9.80. The molecule has 0 saturated heterocycles. The van der Waals surface area contributed by atoms with E-state index >= 15 is 0 Å². The minimum atomic E-state index is 0.721. The first-order valence-electron chi connectivity index (χ1n) is 7.55. The highest BCUT2D eigenvalue weighted by Gasteiger charge is 2.23. The lowest BCUT2D eigenvalue weighted by Gasteiger charge is -2.32. The molecule has 1 fully saturated rings. The molecule has 2 nitrogen and oxygen atoms in total. The van der Waals surface area contributed by atoms with E-state index in [0.29, 0.717) is 0 Å². The average Bonchev–Trinajstić information content (AvgIpc) is 2.74. The van der Waals surface area contributed by atoms with Crippen molar-refractivity contribution in [1.82, 2.24) is 9.88 Å². The Morgan fingerprint density at radius 2 is 1.94 bits per heavy atom. The second kappa shape index (κ2) is 6.42. The number of nitrogens with zero attached hydrogens (tertiary/aromatic N) is 1. The van der Waals surface area contributed by atoms with E-state index in [2.05, 4.69) is 49.1 Å². The molecule has 102 valence electrons. The van der Waals surface area contributed by atoms with Gasteiger partial charge in [0.25, 0.3) is 0 Å². The van der Waals surface area contributed by atoms with E-state index in [1.807, 2.05) is 0 Å². The summed E-state index contributed by atoms with van der Waals surface area (Å²) in [5.74, 6) is 1.77. The summed E-state index contributed by atoms with van der Waals surface area (Å²) >= 11 is 0. The number of nitrogens with one attached hydrogen (secondary N) is 1. The van der Waals surface area contributed by atoms with Gasteiger partial charge in [0.05, 0.1) is 0 Å². The number of hydrogen-bond donors (Lipinski definition) is 1. The Bertz CT molecular complexity index is 346. The van der Waals surface area contributed by atoms with Crippen LogP contribution in [-0.4, -0.2) is 10.6 Å². The third kappa shape index (κ3) is 3.88. The molecule has 0 aliphatic heterocycles. The molecule has 0 spiro atoms. The van der Waals surface area contributed by atoms with Crippen molar-refractivity contribution in [3.63, 3.8) is 0 Å². The first kappa shape index (κ1) is 13.7. The van der Waals surface area contributed by atoms with Gasteiger partial charge in [-0.3, -0.25) is 0 Å². The molecule has 2 heteroatoms. The second-order valence-corrected chi connectivity index (χ2v) is 6.25. The third-order valence-corrected chi connectivity index (χ3v) is 4.07. The van der Waals surface area contributed by atoms with E-state index in [1.165, 1.54) is 31.2 Å². The summed E-state index contributed by atoms with van der Waals surface area (Å²) in [6, 6.07) is 2.97. The lowest BCUT2D eigenvalue weighted by molar-refractivity contribution is 0.238. The van der Waals surface area contributed by atoms with Crippen LogP contribution in [0.25, 0.3) is 0 Å². The van der Waals surface area contributed by atoms with Gasteiger partial charge in [0.2, 0.25) is 0 Å². The van der Waals surface area contributed by atoms with Crippen LogP contribution in [0.15, 0.2) is 18.5 Å². The van der Waals surface area contributed by atoms with E-state index in [9.17, 15) is 0 Å². The number of aromatic nitrogens is 1. The van der Waals surface area contributed by atoms with Crippen LogP contribution in [0.1, 0.15) is 52.0 Å².